The van der Waals surface area contributed by atoms with Crippen LogP contribution in [-0.2, 0) is 50.2 Å². The van der Waals surface area contributed by atoms with Crippen molar-refractivity contribution in [3.63, 3.8) is 0 Å². The maximum Gasteiger partial charge on any atom is 0.306 e. The van der Waals surface area contributed by atoms with E-state index in [-0.39, 0.29) is 49.6 Å². The highest BCUT2D eigenvalue weighted by molar-refractivity contribution is 7.91. The van der Waals surface area contributed by atoms with Crippen LogP contribution < -0.4 is 9.46 Å². The molecule has 4 bridgehead atoms. The van der Waals surface area contributed by atoms with E-state index in [0.29, 0.717) is 36.5 Å². The zero-order valence-electron chi connectivity index (χ0n) is 31.5. The first-order valence-corrected chi connectivity index (χ1v) is 22.2. The Morgan fingerprint density at radius 1 is 1.07 bits per heavy atom. The predicted molar refractivity (Wildman–Crippen MR) is 201 cm³/mol. The SMILES string of the molecule is C=C[C@H]1C[C@]1(CC(=O)[C@@H]1C[C@@H]2CN1C(=O)[C@H](C(C)(C)C)CC(=O)OCCCCCCc1cc(S(C)(=O)=O)c3ccnc(c3c1)O2)C(=O)NS(=O)(=O)C1CC1. The Bertz CT molecular complexity index is 2070. The number of carbonyl (C=O) groups is 4. The maximum absolute atomic E-state index is 14.6. The number of esters is 1. The monoisotopic (exact) mass is 785 g/mol. The summed E-state index contributed by atoms with van der Waals surface area (Å²) in [6.45, 7) is 9.48. The Morgan fingerprint density at radius 2 is 1.80 bits per heavy atom. The van der Waals surface area contributed by atoms with Gasteiger partial charge in [-0.05, 0) is 73.6 Å². The van der Waals surface area contributed by atoms with Crippen LogP contribution in [-0.4, -0.2) is 87.1 Å². The molecule has 15 heteroatoms. The highest BCUT2D eigenvalue weighted by atomic mass is 32.2. The molecule has 2 aliphatic carbocycles. The number of sulfonamides is 1. The topological polar surface area (TPSA) is 183 Å². The number of ether oxygens (including phenoxy) is 2. The second-order valence-electron chi connectivity index (χ2n) is 16.6. The molecule has 294 valence electrons. The van der Waals surface area contributed by atoms with Gasteiger partial charge in [0.1, 0.15) is 6.10 Å². The number of rotatable bonds is 8. The molecule has 5 atom stereocenters. The van der Waals surface area contributed by atoms with Crippen LogP contribution in [0.4, 0.5) is 0 Å². The van der Waals surface area contributed by atoms with Crippen LogP contribution in [0.2, 0.25) is 0 Å². The van der Waals surface area contributed by atoms with Crippen LogP contribution in [0.3, 0.4) is 0 Å². The molecule has 2 aromatic rings. The van der Waals surface area contributed by atoms with E-state index >= 15 is 0 Å². The van der Waals surface area contributed by atoms with Gasteiger partial charge in [-0.3, -0.25) is 23.9 Å². The molecule has 1 N–H and O–H groups in total. The van der Waals surface area contributed by atoms with Crippen LogP contribution in [0.1, 0.15) is 90.5 Å². The van der Waals surface area contributed by atoms with Gasteiger partial charge in [-0.25, -0.2) is 21.8 Å². The maximum atomic E-state index is 14.6. The summed E-state index contributed by atoms with van der Waals surface area (Å²) in [6, 6.07) is 4.11. The average Bonchev–Trinajstić information content (AvgIpc) is 4.02. The number of nitrogens with one attached hydrogen (secondary N) is 1. The van der Waals surface area contributed by atoms with Crippen molar-refractivity contribution in [3.05, 3.63) is 42.6 Å². The lowest BCUT2D eigenvalue weighted by Crippen LogP contribution is -2.48. The van der Waals surface area contributed by atoms with E-state index < -0.39 is 83.5 Å². The summed E-state index contributed by atoms with van der Waals surface area (Å²) in [5, 5.41) is 0.302. The van der Waals surface area contributed by atoms with Crippen molar-refractivity contribution in [2.45, 2.75) is 114 Å². The van der Waals surface area contributed by atoms with E-state index in [1.165, 1.54) is 11.1 Å². The number of nitrogens with zero attached hydrogens (tertiary/aromatic N) is 2. The number of amides is 2. The molecule has 1 aromatic heterocycles. The predicted octanol–water partition coefficient (Wildman–Crippen LogP) is 4.46. The van der Waals surface area contributed by atoms with Crippen molar-refractivity contribution in [3.8, 4) is 5.88 Å². The van der Waals surface area contributed by atoms with E-state index in [1.54, 1.807) is 18.2 Å². The number of sulfone groups is 1. The van der Waals surface area contributed by atoms with Gasteiger partial charge in [0.05, 0.1) is 47.1 Å². The average molecular weight is 786 g/mol. The first kappa shape index (κ1) is 39.8. The quantitative estimate of drug-likeness (QED) is 0.295. The molecular formula is C39H51N3O10S2. The number of cyclic esters (lactones) is 1. The van der Waals surface area contributed by atoms with E-state index in [1.807, 2.05) is 26.8 Å². The van der Waals surface area contributed by atoms with Crippen LogP contribution in [0.5, 0.6) is 5.88 Å². The summed E-state index contributed by atoms with van der Waals surface area (Å²) < 4.78 is 65.7. The number of carbonyl (C=O) groups excluding carboxylic acids is 4. The summed E-state index contributed by atoms with van der Waals surface area (Å²) in [5.74, 6) is -3.29. The molecule has 3 fully saturated rings. The van der Waals surface area contributed by atoms with Gasteiger partial charge in [0.25, 0.3) is 0 Å². The molecule has 3 heterocycles. The summed E-state index contributed by atoms with van der Waals surface area (Å²) in [7, 11) is -7.53. The number of benzene rings is 1. The zero-order chi connectivity index (χ0) is 39.2. The molecule has 2 saturated carbocycles. The first-order chi connectivity index (χ1) is 25.3. The standard InChI is InChI=1S/C39H51N3O10S2/c1-6-25-21-39(25,37(46)41-54(49,50)27-12-13-27)22-32(43)31-19-26-23-42(31)36(45)30(38(2,3)4)20-34(44)51-16-10-8-7-9-11-24-17-29-28(14-15-40-35(29)52-26)33(18-24)53(5,47)48/h6,14-15,17-18,25-27,30-31H,1,7-13,16,19-23H2,2-5H3,(H,41,46)/t25-,26+,30+,31-,39+/m0/s1. The number of aryl methyl sites for hydroxylation is 1. The second-order valence-corrected chi connectivity index (χ2v) is 20.5. The van der Waals surface area contributed by atoms with E-state index in [9.17, 15) is 36.0 Å². The van der Waals surface area contributed by atoms with Crippen molar-refractivity contribution in [2.75, 3.05) is 19.4 Å². The van der Waals surface area contributed by atoms with Gasteiger partial charge < -0.3 is 14.4 Å². The fourth-order valence-corrected chi connectivity index (χ4v) is 10.2. The Morgan fingerprint density at radius 3 is 2.44 bits per heavy atom. The lowest BCUT2D eigenvalue weighted by atomic mass is 9.77. The van der Waals surface area contributed by atoms with Crippen LogP contribution in [0, 0.1) is 22.7 Å². The summed E-state index contributed by atoms with van der Waals surface area (Å²) in [5.41, 5.74) is -1.25. The van der Waals surface area contributed by atoms with E-state index in [4.69, 9.17) is 9.47 Å². The van der Waals surface area contributed by atoms with Crippen molar-refractivity contribution < 1.29 is 45.5 Å². The van der Waals surface area contributed by atoms with Crippen LogP contribution in [0.15, 0.2) is 41.9 Å². The molecule has 13 nitrogen and oxygen atoms in total. The molecule has 4 aliphatic rings. The van der Waals surface area contributed by atoms with Crippen molar-refractivity contribution >= 4 is 54.2 Å². The third-order valence-electron chi connectivity index (χ3n) is 11.4. The number of ketones is 1. The number of Topliss-reactive ketones (excluding diaryl/α,β-unsaturated/α-hetero) is 1. The third-order valence-corrected chi connectivity index (χ3v) is 14.3. The Balaban J connectivity index is 1.37. The molecule has 54 heavy (non-hydrogen) atoms. The van der Waals surface area contributed by atoms with E-state index in [2.05, 4.69) is 16.3 Å². The molecule has 0 radical (unpaired) electrons. The van der Waals surface area contributed by atoms with Gasteiger partial charge in [0, 0.05) is 36.1 Å². The highest BCUT2D eigenvalue weighted by Crippen LogP contribution is 2.57. The molecule has 2 aliphatic heterocycles. The minimum absolute atomic E-state index is 0.0272. The minimum atomic E-state index is -3.88. The zero-order valence-corrected chi connectivity index (χ0v) is 33.1. The molecule has 0 unspecified atom stereocenters. The first-order valence-electron chi connectivity index (χ1n) is 18.8. The molecule has 1 aromatic carbocycles. The molecular weight excluding hydrogens is 735 g/mol. The van der Waals surface area contributed by atoms with Gasteiger partial charge >= 0.3 is 5.97 Å². The molecule has 1 saturated heterocycles. The summed E-state index contributed by atoms with van der Waals surface area (Å²) in [6.07, 6.45) is 7.69. The molecule has 6 rings (SSSR count). The number of hydrogen-bond acceptors (Lipinski definition) is 11. The molecule has 2 amide bonds. The number of hydrogen-bond donors (Lipinski definition) is 1. The summed E-state index contributed by atoms with van der Waals surface area (Å²) >= 11 is 0. The van der Waals surface area contributed by atoms with Gasteiger partial charge in [0.15, 0.2) is 15.6 Å². The Kier molecular flexibility index (Phi) is 11.1. The number of aromatic nitrogens is 1. The lowest BCUT2D eigenvalue weighted by molar-refractivity contribution is -0.153. The Hall–Kier alpha value is -3.85. The number of fused-ring (bicyclic) bond motifs is 3. The largest absolute Gasteiger partial charge is 0.472 e. The van der Waals surface area contributed by atoms with Crippen molar-refractivity contribution in [2.24, 2.45) is 22.7 Å². The number of allylic oxidation sites excluding steroid dienone is 1. The normalized spacial score (nSPS) is 27.3. The second kappa shape index (κ2) is 15.0. The van der Waals surface area contributed by atoms with Crippen LogP contribution >= 0.6 is 0 Å². The minimum Gasteiger partial charge on any atom is -0.472 e. The van der Waals surface area contributed by atoms with Gasteiger partial charge in [0.2, 0.25) is 27.7 Å². The summed E-state index contributed by atoms with van der Waals surface area (Å²) in [4.78, 5) is 61.8. The van der Waals surface area contributed by atoms with Crippen molar-refractivity contribution in [1.29, 1.82) is 0 Å². The van der Waals surface area contributed by atoms with Gasteiger partial charge in [-0.15, -0.1) is 6.58 Å². The highest BCUT2D eigenvalue weighted by Gasteiger charge is 2.61. The van der Waals surface area contributed by atoms with Gasteiger partial charge in [-0.2, -0.15) is 0 Å². The Labute approximate surface area is 317 Å². The fraction of sp³-hybridized carbons (Fsp3) is 0.615. The lowest BCUT2D eigenvalue weighted by Gasteiger charge is -2.34. The third kappa shape index (κ3) is 8.51. The van der Waals surface area contributed by atoms with E-state index in [0.717, 1.165) is 31.1 Å². The van der Waals surface area contributed by atoms with Crippen molar-refractivity contribution in [1.82, 2.24) is 14.6 Å². The molecule has 0 spiro atoms. The smallest absolute Gasteiger partial charge is 0.306 e. The van der Waals surface area contributed by atoms with Crippen LogP contribution in [0.25, 0.3) is 10.8 Å². The van der Waals surface area contributed by atoms with Gasteiger partial charge in [-0.1, -0.05) is 39.7 Å². The fourth-order valence-electron chi connectivity index (χ4n) is 7.88. The number of pyridine rings is 1.